The Morgan fingerprint density at radius 2 is 1.76 bits per heavy atom. The fourth-order valence-electron chi connectivity index (χ4n) is 7.06. The van der Waals surface area contributed by atoms with Gasteiger partial charge in [-0.3, -0.25) is 20.2 Å². The number of aryl methyl sites for hydroxylation is 2. The van der Waals surface area contributed by atoms with Crippen LogP contribution in [0.25, 0.3) is 43.6 Å². The first-order chi connectivity index (χ1) is 19.9. The monoisotopic (exact) mass is 556 g/mol. The molecule has 1 unspecified atom stereocenters. The molecule has 5 heterocycles. The number of aliphatic hydroxyl groups is 4. The molecule has 11 nitrogen and oxygen atoms in total. The van der Waals surface area contributed by atoms with E-state index in [2.05, 4.69) is 26.3 Å². The van der Waals surface area contributed by atoms with Crippen molar-refractivity contribution >= 4 is 55.4 Å². The van der Waals surface area contributed by atoms with Crippen molar-refractivity contribution in [1.29, 1.82) is 0 Å². The first kappa shape index (κ1) is 24.9. The van der Waals surface area contributed by atoms with Crippen LogP contribution in [0.5, 0.6) is 0 Å². The summed E-state index contributed by atoms with van der Waals surface area (Å²) in [7, 11) is 0. The van der Waals surface area contributed by atoms with E-state index in [-0.39, 0.29) is 12.5 Å². The number of benzene rings is 3. The van der Waals surface area contributed by atoms with E-state index in [1.807, 2.05) is 30.3 Å². The number of para-hydroxylation sites is 1. The lowest BCUT2D eigenvalue weighted by Crippen LogP contribution is -2.62. The molecule has 0 radical (unpaired) electrons. The Labute approximate surface area is 232 Å². The number of ether oxygens (including phenoxy) is 1. The predicted octanol–water partition coefficient (Wildman–Crippen LogP) is 1.15. The van der Waals surface area contributed by atoms with Gasteiger partial charge in [0.1, 0.15) is 30.6 Å². The molecule has 0 aliphatic carbocycles. The number of fused-ring (bicyclic) bond motifs is 10. The molecule has 3 aliphatic rings. The molecule has 2 aromatic heterocycles. The molecule has 7 N–H and O–H groups in total. The highest BCUT2D eigenvalue weighted by Gasteiger charge is 2.43. The second-order valence-corrected chi connectivity index (χ2v) is 11.2. The van der Waals surface area contributed by atoms with Crippen LogP contribution in [-0.2, 0) is 24.2 Å². The molecular formula is C30H28N4O7. The van der Waals surface area contributed by atoms with Crippen LogP contribution >= 0.6 is 0 Å². The van der Waals surface area contributed by atoms with Gasteiger partial charge in [0.2, 0.25) is 0 Å². The minimum atomic E-state index is -1.47. The van der Waals surface area contributed by atoms with Crippen molar-refractivity contribution < 1.29 is 34.8 Å². The molecule has 1 fully saturated rings. The topological polar surface area (TPSA) is 169 Å². The lowest BCUT2D eigenvalue weighted by Gasteiger charge is -2.40. The number of rotatable bonds is 4. The number of H-pyrrole nitrogens is 1. The fourth-order valence-corrected chi connectivity index (χ4v) is 7.06. The van der Waals surface area contributed by atoms with Crippen LogP contribution in [0.3, 0.4) is 0 Å². The second-order valence-electron chi connectivity index (χ2n) is 11.2. The van der Waals surface area contributed by atoms with Crippen molar-refractivity contribution in [3.05, 3.63) is 58.7 Å². The van der Waals surface area contributed by atoms with Gasteiger partial charge in [0, 0.05) is 40.2 Å². The maximum Gasteiger partial charge on any atom is 0.259 e. The van der Waals surface area contributed by atoms with E-state index in [1.165, 1.54) is 5.56 Å². The average Bonchev–Trinajstić information content (AvgIpc) is 3.61. The van der Waals surface area contributed by atoms with E-state index in [9.17, 15) is 30.0 Å². The summed E-state index contributed by atoms with van der Waals surface area (Å²) in [6.07, 6.45) is -4.34. The highest BCUT2D eigenvalue weighted by Crippen LogP contribution is 2.45. The summed E-state index contributed by atoms with van der Waals surface area (Å²) in [6, 6.07) is 11.9. The maximum atomic E-state index is 13.2. The number of carbonyl (C=O) groups excluding carboxylic acids is 2. The van der Waals surface area contributed by atoms with Crippen molar-refractivity contribution in [2.75, 3.05) is 6.61 Å². The van der Waals surface area contributed by atoms with Crippen LogP contribution in [0, 0.1) is 0 Å². The fraction of sp³-hybridized carbons (Fsp3) is 0.333. The summed E-state index contributed by atoms with van der Waals surface area (Å²) >= 11 is 0. The molecule has 0 bridgehead atoms. The molecule has 1 saturated heterocycles. The molecule has 0 spiro atoms. The van der Waals surface area contributed by atoms with Gasteiger partial charge in [0.25, 0.3) is 11.8 Å². The summed E-state index contributed by atoms with van der Waals surface area (Å²) in [5.41, 5.74) is 6.49. The number of nitrogens with one attached hydrogen (secondary N) is 3. The molecule has 210 valence electrons. The predicted molar refractivity (Wildman–Crippen MR) is 150 cm³/mol. The van der Waals surface area contributed by atoms with Crippen LogP contribution in [0.15, 0.2) is 36.4 Å². The quantitative estimate of drug-likeness (QED) is 0.162. The molecule has 41 heavy (non-hydrogen) atoms. The second kappa shape index (κ2) is 8.83. The van der Waals surface area contributed by atoms with Gasteiger partial charge < -0.3 is 34.7 Å². The Kier molecular flexibility index (Phi) is 5.36. The highest BCUT2D eigenvalue weighted by atomic mass is 16.6. The Balaban J connectivity index is 1.28. The molecule has 2 amide bonds. The van der Waals surface area contributed by atoms with Gasteiger partial charge in [-0.1, -0.05) is 30.3 Å². The van der Waals surface area contributed by atoms with E-state index >= 15 is 0 Å². The molecular weight excluding hydrogens is 528 g/mol. The number of amides is 2. The Morgan fingerprint density at radius 1 is 0.951 bits per heavy atom. The van der Waals surface area contributed by atoms with Crippen LogP contribution in [-0.4, -0.2) is 79.0 Å². The number of carbonyl (C=O) groups is 2. The van der Waals surface area contributed by atoms with Crippen molar-refractivity contribution in [2.24, 2.45) is 0 Å². The zero-order valence-electron chi connectivity index (χ0n) is 21.8. The number of aromatic amines is 1. The molecule has 5 atom stereocenters. The highest BCUT2D eigenvalue weighted by molar-refractivity contribution is 6.39. The Morgan fingerprint density at radius 3 is 2.56 bits per heavy atom. The van der Waals surface area contributed by atoms with Gasteiger partial charge in [0.05, 0.1) is 34.3 Å². The van der Waals surface area contributed by atoms with Gasteiger partial charge in [-0.25, -0.2) is 0 Å². The van der Waals surface area contributed by atoms with Gasteiger partial charge in [-0.2, -0.15) is 0 Å². The number of imide groups is 1. The van der Waals surface area contributed by atoms with E-state index in [0.29, 0.717) is 16.5 Å². The first-order valence-corrected chi connectivity index (χ1v) is 13.8. The third-order valence-electron chi connectivity index (χ3n) is 8.92. The van der Waals surface area contributed by atoms with Crippen molar-refractivity contribution in [3.63, 3.8) is 0 Å². The summed E-state index contributed by atoms with van der Waals surface area (Å²) in [4.78, 5) is 29.9. The van der Waals surface area contributed by atoms with Gasteiger partial charge in [-0.05, 0) is 30.0 Å². The van der Waals surface area contributed by atoms with Gasteiger partial charge in [0.15, 0.2) is 0 Å². The standard InChI is InChI=1S/C30H28N4O7/c35-11-17-25(36)26(37)27(38)30(41-17)31-10-12-6-7-14-16(9-12)32-22-18(14)20-21(29(40)33-28(20)39)19-15-5-1-3-13-4-2-8-34(23(13)15)24(19)22/h1,3,5-7,9,17,25-27,30-32,35-38H,2,4,8,10-11H2,(H,33,39,40)/t17-,25-,26+,27-,30?/m1/s1. The van der Waals surface area contributed by atoms with Crippen LogP contribution in [0.1, 0.15) is 38.3 Å². The Bertz CT molecular complexity index is 1940. The minimum absolute atomic E-state index is 0.254. The minimum Gasteiger partial charge on any atom is -0.394 e. The van der Waals surface area contributed by atoms with Gasteiger partial charge in [-0.15, -0.1) is 0 Å². The molecule has 3 aromatic carbocycles. The zero-order valence-corrected chi connectivity index (χ0v) is 21.8. The number of hydrogen-bond donors (Lipinski definition) is 7. The maximum absolute atomic E-state index is 13.2. The molecule has 0 saturated carbocycles. The normalized spacial score (nSPS) is 26.0. The van der Waals surface area contributed by atoms with E-state index in [1.54, 1.807) is 0 Å². The average molecular weight is 557 g/mol. The Hall–Kier alpha value is -3.84. The summed E-state index contributed by atoms with van der Waals surface area (Å²) < 4.78 is 7.85. The number of nitrogens with zero attached hydrogens (tertiary/aromatic N) is 1. The van der Waals surface area contributed by atoms with E-state index in [0.717, 1.165) is 63.2 Å². The molecule has 5 aromatic rings. The van der Waals surface area contributed by atoms with Crippen LogP contribution in [0.4, 0.5) is 0 Å². The SMILES string of the molecule is O=C1NC(=O)c2c1c1c3ccc(CNC4O[C@H](CO)[C@@H](O)[C@H](O)[C@H]4O)cc3[nH]c1c1c2c2cccc3c2n1CCC3. The van der Waals surface area contributed by atoms with E-state index < -0.39 is 43.2 Å². The van der Waals surface area contributed by atoms with Crippen LogP contribution < -0.4 is 10.6 Å². The summed E-state index contributed by atoms with van der Waals surface area (Å²) in [5.74, 6) is -0.784. The van der Waals surface area contributed by atoms with Crippen molar-refractivity contribution in [3.8, 4) is 0 Å². The zero-order chi connectivity index (χ0) is 28.2. The number of hydrogen-bond acceptors (Lipinski definition) is 8. The number of aliphatic hydroxyl groups excluding tert-OH is 4. The van der Waals surface area contributed by atoms with Crippen molar-refractivity contribution in [1.82, 2.24) is 20.2 Å². The summed E-state index contributed by atoms with van der Waals surface area (Å²) in [5, 5.41) is 48.9. The number of aromatic nitrogens is 2. The van der Waals surface area contributed by atoms with Gasteiger partial charge >= 0.3 is 0 Å². The smallest absolute Gasteiger partial charge is 0.259 e. The first-order valence-electron chi connectivity index (χ1n) is 13.8. The lowest BCUT2D eigenvalue weighted by atomic mass is 9.96. The summed E-state index contributed by atoms with van der Waals surface area (Å²) in [6.45, 7) is 0.561. The lowest BCUT2D eigenvalue weighted by molar-refractivity contribution is -0.236. The van der Waals surface area contributed by atoms with Crippen molar-refractivity contribution in [2.45, 2.75) is 56.6 Å². The molecule has 3 aliphatic heterocycles. The molecule has 8 rings (SSSR count). The van der Waals surface area contributed by atoms with Crippen LogP contribution in [0.2, 0.25) is 0 Å². The third-order valence-corrected chi connectivity index (χ3v) is 8.92. The molecule has 11 heteroatoms. The largest absolute Gasteiger partial charge is 0.394 e. The van der Waals surface area contributed by atoms with E-state index in [4.69, 9.17) is 4.74 Å². The third kappa shape index (κ3) is 3.35.